The van der Waals surface area contributed by atoms with Crippen LogP contribution in [0.25, 0.3) is 16.8 Å². The highest BCUT2D eigenvalue weighted by Crippen LogP contribution is 2.36. The van der Waals surface area contributed by atoms with Gasteiger partial charge in [-0.05, 0) is 30.5 Å². The molecule has 3 aliphatic heterocycles. The molecule has 2 amide bonds. The maximum Gasteiger partial charge on any atom is 0.260 e. The zero-order valence-corrected chi connectivity index (χ0v) is 18.9. The summed E-state index contributed by atoms with van der Waals surface area (Å²) in [5.41, 5.74) is 3.00. The van der Waals surface area contributed by atoms with Crippen molar-refractivity contribution in [2.75, 3.05) is 38.3 Å². The Bertz CT molecular complexity index is 1290. The fourth-order valence-electron chi connectivity index (χ4n) is 4.94. The molecule has 6 rings (SSSR count). The molecule has 0 spiro atoms. The molecule has 3 aliphatic rings. The Hall–Kier alpha value is -3.82. The van der Waals surface area contributed by atoms with Crippen LogP contribution in [-0.2, 0) is 9.59 Å². The average Bonchev–Trinajstić information content (AvgIpc) is 3.55. The van der Waals surface area contributed by atoms with Crippen LogP contribution in [-0.4, -0.2) is 70.8 Å². The van der Waals surface area contributed by atoms with Crippen molar-refractivity contribution in [2.45, 2.75) is 31.7 Å². The third-order valence-corrected chi connectivity index (χ3v) is 6.70. The molecule has 0 aliphatic carbocycles. The van der Waals surface area contributed by atoms with Crippen molar-refractivity contribution < 1.29 is 23.8 Å². The Balaban J connectivity index is 1.49. The Kier molecular flexibility index (Phi) is 5.00. The summed E-state index contributed by atoms with van der Waals surface area (Å²) in [6.07, 6.45) is 6.05. The van der Waals surface area contributed by atoms with Crippen LogP contribution in [0.15, 0.2) is 30.6 Å². The third-order valence-electron chi connectivity index (χ3n) is 6.70. The lowest BCUT2D eigenvalue weighted by atomic mass is 10.1. The van der Waals surface area contributed by atoms with Gasteiger partial charge in [0.15, 0.2) is 11.4 Å². The quantitative estimate of drug-likeness (QED) is 0.575. The fraction of sp³-hybridized carbons (Fsp3) is 0.417. The van der Waals surface area contributed by atoms with Gasteiger partial charge in [-0.25, -0.2) is 4.52 Å². The van der Waals surface area contributed by atoms with Crippen molar-refractivity contribution in [1.82, 2.24) is 19.5 Å². The molecule has 4 bridgehead atoms. The van der Waals surface area contributed by atoms with E-state index < -0.39 is 0 Å². The van der Waals surface area contributed by atoms with Gasteiger partial charge in [0.25, 0.3) is 5.88 Å². The first-order valence-electron chi connectivity index (χ1n) is 11.5. The predicted molar refractivity (Wildman–Crippen MR) is 122 cm³/mol. The number of rotatable bonds is 2. The summed E-state index contributed by atoms with van der Waals surface area (Å²) in [7, 11) is 1.56. The molecule has 2 fully saturated rings. The number of amides is 2. The molecule has 10 heteroatoms. The van der Waals surface area contributed by atoms with E-state index in [0.29, 0.717) is 62.2 Å². The minimum absolute atomic E-state index is 0.0599. The molecule has 2 saturated heterocycles. The molecular weight excluding hydrogens is 438 g/mol. The number of fused-ring (bicyclic) bond motifs is 5. The van der Waals surface area contributed by atoms with Crippen molar-refractivity contribution in [3.05, 3.63) is 30.6 Å². The number of carbonyl (C=O) groups is 2. The van der Waals surface area contributed by atoms with Gasteiger partial charge in [-0.15, -0.1) is 0 Å². The smallest absolute Gasteiger partial charge is 0.260 e. The lowest BCUT2D eigenvalue weighted by Gasteiger charge is -2.25. The van der Waals surface area contributed by atoms with Crippen molar-refractivity contribution in [1.29, 1.82) is 0 Å². The lowest BCUT2D eigenvalue weighted by molar-refractivity contribution is -0.129. The largest absolute Gasteiger partial charge is 0.492 e. The van der Waals surface area contributed by atoms with E-state index in [1.165, 1.54) is 0 Å². The second-order valence-electron chi connectivity index (χ2n) is 8.74. The number of methoxy groups -OCH3 is 1. The predicted octanol–water partition coefficient (Wildman–Crippen LogP) is 2.29. The van der Waals surface area contributed by atoms with Crippen LogP contribution in [0.5, 0.6) is 17.4 Å². The van der Waals surface area contributed by atoms with Crippen LogP contribution < -0.4 is 19.1 Å². The van der Waals surface area contributed by atoms with E-state index in [-0.39, 0.29) is 17.9 Å². The Morgan fingerprint density at radius 2 is 2.00 bits per heavy atom. The molecule has 176 valence electrons. The van der Waals surface area contributed by atoms with E-state index in [0.717, 1.165) is 29.7 Å². The molecule has 1 atom stereocenters. The molecule has 1 aromatic carbocycles. The Labute approximate surface area is 196 Å². The van der Waals surface area contributed by atoms with E-state index in [4.69, 9.17) is 19.2 Å². The first-order chi connectivity index (χ1) is 16.6. The molecule has 0 unspecified atom stereocenters. The topological polar surface area (TPSA) is 98.5 Å². The zero-order valence-electron chi connectivity index (χ0n) is 18.9. The van der Waals surface area contributed by atoms with Gasteiger partial charge in [0, 0.05) is 36.7 Å². The van der Waals surface area contributed by atoms with Gasteiger partial charge < -0.3 is 24.0 Å². The maximum atomic E-state index is 12.5. The second-order valence-corrected chi connectivity index (χ2v) is 8.74. The first kappa shape index (κ1) is 20.8. The van der Waals surface area contributed by atoms with Crippen LogP contribution in [0.4, 0.5) is 5.69 Å². The number of hydrogen-bond donors (Lipinski definition) is 0. The number of anilines is 1. The summed E-state index contributed by atoms with van der Waals surface area (Å²) in [5.74, 6) is 1.65. The van der Waals surface area contributed by atoms with Gasteiger partial charge in [0.1, 0.15) is 19.0 Å². The SMILES string of the molecule is COc1cn2ncc3c2nc1OC[C@@H]1CCC(=O)N1CCOc1cc-3cc(N2CCCC2=O)c1. The van der Waals surface area contributed by atoms with Crippen molar-refractivity contribution in [3.8, 4) is 28.5 Å². The van der Waals surface area contributed by atoms with Crippen LogP contribution in [0.2, 0.25) is 0 Å². The van der Waals surface area contributed by atoms with E-state index in [1.807, 2.05) is 23.1 Å². The lowest BCUT2D eigenvalue weighted by Crippen LogP contribution is -2.39. The van der Waals surface area contributed by atoms with Crippen molar-refractivity contribution in [2.24, 2.45) is 0 Å². The summed E-state index contributed by atoms with van der Waals surface area (Å²) in [6.45, 7) is 1.79. The zero-order chi connectivity index (χ0) is 23.2. The molecule has 0 radical (unpaired) electrons. The van der Waals surface area contributed by atoms with Crippen LogP contribution in [0.1, 0.15) is 25.7 Å². The highest BCUT2D eigenvalue weighted by atomic mass is 16.5. The van der Waals surface area contributed by atoms with E-state index in [2.05, 4.69) is 5.10 Å². The van der Waals surface area contributed by atoms with Crippen LogP contribution in [0, 0.1) is 0 Å². The van der Waals surface area contributed by atoms with E-state index >= 15 is 0 Å². The highest BCUT2D eigenvalue weighted by molar-refractivity contribution is 5.96. The van der Waals surface area contributed by atoms with Gasteiger partial charge in [-0.1, -0.05) is 0 Å². The number of nitrogens with zero attached hydrogens (tertiary/aromatic N) is 5. The maximum absolute atomic E-state index is 12.5. The molecule has 0 saturated carbocycles. The Morgan fingerprint density at radius 3 is 2.82 bits per heavy atom. The van der Waals surface area contributed by atoms with Gasteiger partial charge in [0.05, 0.1) is 32.1 Å². The van der Waals surface area contributed by atoms with Crippen LogP contribution in [0.3, 0.4) is 0 Å². The molecule has 34 heavy (non-hydrogen) atoms. The molecule has 3 aromatic rings. The van der Waals surface area contributed by atoms with Gasteiger partial charge in [-0.3, -0.25) is 9.59 Å². The number of benzene rings is 1. The number of aromatic nitrogens is 3. The van der Waals surface area contributed by atoms with Gasteiger partial charge in [0.2, 0.25) is 11.8 Å². The Morgan fingerprint density at radius 1 is 1.09 bits per heavy atom. The van der Waals surface area contributed by atoms with E-state index in [9.17, 15) is 9.59 Å². The molecule has 2 aromatic heterocycles. The molecule has 10 nitrogen and oxygen atoms in total. The van der Waals surface area contributed by atoms with Gasteiger partial charge in [-0.2, -0.15) is 10.1 Å². The van der Waals surface area contributed by atoms with Crippen molar-refractivity contribution in [3.63, 3.8) is 0 Å². The number of ether oxygens (including phenoxy) is 3. The monoisotopic (exact) mass is 463 g/mol. The average molecular weight is 463 g/mol. The van der Waals surface area contributed by atoms with Gasteiger partial charge >= 0.3 is 0 Å². The van der Waals surface area contributed by atoms with E-state index in [1.54, 1.807) is 28.9 Å². The second kappa shape index (κ2) is 8.19. The summed E-state index contributed by atoms with van der Waals surface area (Å²) >= 11 is 0. The first-order valence-corrected chi connectivity index (χ1v) is 11.5. The molecule has 5 heterocycles. The summed E-state index contributed by atoms with van der Waals surface area (Å²) in [4.78, 5) is 33.3. The minimum Gasteiger partial charge on any atom is -0.492 e. The fourth-order valence-corrected chi connectivity index (χ4v) is 4.94. The number of hydrogen-bond acceptors (Lipinski definition) is 7. The summed E-state index contributed by atoms with van der Waals surface area (Å²) in [6, 6.07) is 5.71. The third kappa shape index (κ3) is 3.49. The van der Waals surface area contributed by atoms with Crippen LogP contribution >= 0.6 is 0 Å². The van der Waals surface area contributed by atoms with Crippen molar-refractivity contribution >= 4 is 23.1 Å². The summed E-state index contributed by atoms with van der Waals surface area (Å²) in [5, 5.41) is 4.46. The number of carbonyl (C=O) groups excluding carboxylic acids is 2. The molecular formula is C24H25N5O5. The normalized spacial score (nSPS) is 20.3. The highest BCUT2D eigenvalue weighted by Gasteiger charge is 2.32. The summed E-state index contributed by atoms with van der Waals surface area (Å²) < 4.78 is 19.3. The molecule has 0 N–H and O–H groups in total. The standard InChI is InChI=1S/C24H25N5O5/c1-32-20-13-29-23-19(12-25-29)15-9-17(27-6-2-3-21(27)30)11-18(10-15)33-8-7-28-16(4-5-22(28)31)14-34-24(20)26-23/h9-13,16H,2-8,14H2,1H3/t16-/m0/s1. The minimum atomic E-state index is -0.0599.